The number of aryl methyl sites for hydroxylation is 1. The summed E-state index contributed by atoms with van der Waals surface area (Å²) < 4.78 is 22.1. The molecule has 1 N–H and O–H groups in total. The zero-order chi connectivity index (χ0) is 18.1. The molecule has 3 heterocycles. The highest BCUT2D eigenvalue weighted by Gasteiger charge is 2.18. The van der Waals surface area contributed by atoms with Crippen molar-refractivity contribution < 1.29 is 23.5 Å². The molecule has 1 aromatic carbocycles. The second kappa shape index (κ2) is 6.35. The Morgan fingerprint density at radius 2 is 2.15 bits per heavy atom. The highest BCUT2D eigenvalue weighted by molar-refractivity contribution is 5.90. The van der Waals surface area contributed by atoms with Crippen LogP contribution in [0.4, 0.5) is 0 Å². The quantitative estimate of drug-likeness (QED) is 0.695. The predicted molar refractivity (Wildman–Crippen MR) is 84.6 cm³/mol. The Bertz CT molecular complexity index is 965. The third-order valence-corrected chi connectivity index (χ3v) is 3.60. The molecule has 11 nitrogen and oxygen atoms in total. The van der Waals surface area contributed by atoms with Crippen molar-refractivity contribution in [1.29, 1.82) is 0 Å². The summed E-state index contributed by atoms with van der Waals surface area (Å²) in [6.45, 7) is 0.250. The Morgan fingerprint density at radius 3 is 2.96 bits per heavy atom. The van der Waals surface area contributed by atoms with Gasteiger partial charge in [-0.05, 0) is 18.2 Å². The van der Waals surface area contributed by atoms with E-state index in [0.29, 0.717) is 28.8 Å². The number of hydrogen-bond donors (Lipinski definition) is 1. The van der Waals surface area contributed by atoms with Crippen molar-refractivity contribution in [3.63, 3.8) is 0 Å². The van der Waals surface area contributed by atoms with Crippen LogP contribution in [0.5, 0.6) is 17.5 Å². The first-order valence-corrected chi connectivity index (χ1v) is 7.60. The molecule has 1 aliphatic heterocycles. The fourth-order valence-corrected chi connectivity index (χ4v) is 2.36. The predicted octanol–water partition coefficient (Wildman–Crippen LogP) is 0.532. The Balaban J connectivity index is 1.42. The van der Waals surface area contributed by atoms with Crippen molar-refractivity contribution in [1.82, 2.24) is 30.2 Å². The zero-order valence-corrected chi connectivity index (χ0v) is 13.9. The Labute approximate surface area is 146 Å². The number of carbonyl (C=O) groups excluding carboxylic acids is 1. The second-order valence-electron chi connectivity index (χ2n) is 5.31. The van der Waals surface area contributed by atoms with Gasteiger partial charge in [-0.2, -0.15) is 9.97 Å². The third kappa shape index (κ3) is 2.90. The van der Waals surface area contributed by atoms with Gasteiger partial charge >= 0.3 is 6.01 Å². The summed E-state index contributed by atoms with van der Waals surface area (Å²) in [5.41, 5.74) is 0.690. The lowest BCUT2D eigenvalue weighted by Crippen LogP contribution is -2.24. The van der Waals surface area contributed by atoms with Crippen LogP contribution in [0.25, 0.3) is 11.5 Å². The number of nitrogens with one attached hydrogen (secondary N) is 1. The summed E-state index contributed by atoms with van der Waals surface area (Å²) in [6.07, 6.45) is 0. The molecule has 134 valence electrons. The summed E-state index contributed by atoms with van der Waals surface area (Å²) in [7, 11) is 3.07. The molecular formula is C15H14N6O5. The summed E-state index contributed by atoms with van der Waals surface area (Å²) >= 11 is 0. The number of ether oxygens (including phenoxy) is 3. The Morgan fingerprint density at radius 1 is 1.31 bits per heavy atom. The molecule has 0 bridgehead atoms. The number of amides is 1. The van der Waals surface area contributed by atoms with Gasteiger partial charge in [0, 0.05) is 12.6 Å². The molecule has 0 radical (unpaired) electrons. The topological polar surface area (TPSA) is 126 Å². The van der Waals surface area contributed by atoms with Gasteiger partial charge in [0.2, 0.25) is 12.6 Å². The summed E-state index contributed by atoms with van der Waals surface area (Å²) in [5, 5.41) is 10.4. The lowest BCUT2D eigenvalue weighted by atomic mass is 10.2. The molecule has 26 heavy (non-hydrogen) atoms. The van der Waals surface area contributed by atoms with Gasteiger partial charge in [-0.3, -0.25) is 4.79 Å². The third-order valence-electron chi connectivity index (χ3n) is 3.60. The molecule has 3 aromatic rings. The molecule has 0 aliphatic carbocycles. The number of methoxy groups -OCH3 is 1. The van der Waals surface area contributed by atoms with Crippen molar-refractivity contribution in [2.45, 2.75) is 6.54 Å². The van der Waals surface area contributed by atoms with E-state index in [1.165, 1.54) is 11.8 Å². The fraction of sp³-hybridized carbons (Fsp3) is 0.267. The van der Waals surface area contributed by atoms with E-state index in [9.17, 15) is 4.79 Å². The van der Waals surface area contributed by atoms with Crippen molar-refractivity contribution in [2.24, 2.45) is 7.05 Å². The van der Waals surface area contributed by atoms with Gasteiger partial charge < -0.3 is 24.1 Å². The van der Waals surface area contributed by atoms with E-state index in [1.54, 1.807) is 25.2 Å². The molecule has 0 atom stereocenters. The van der Waals surface area contributed by atoms with Crippen molar-refractivity contribution in [3.05, 3.63) is 29.8 Å². The van der Waals surface area contributed by atoms with Crippen molar-refractivity contribution in [2.75, 3.05) is 13.9 Å². The second-order valence-corrected chi connectivity index (χ2v) is 5.31. The van der Waals surface area contributed by atoms with Gasteiger partial charge in [-0.25, -0.2) is 4.68 Å². The largest absolute Gasteiger partial charge is 0.467 e. The van der Waals surface area contributed by atoms with E-state index in [0.717, 1.165) is 0 Å². The van der Waals surface area contributed by atoms with Crippen LogP contribution in [-0.2, 0) is 13.6 Å². The van der Waals surface area contributed by atoms with Gasteiger partial charge in [0.05, 0.1) is 13.7 Å². The van der Waals surface area contributed by atoms with Crippen LogP contribution in [0.15, 0.2) is 22.7 Å². The molecule has 0 saturated heterocycles. The first-order chi connectivity index (χ1) is 12.6. The number of fused-ring (bicyclic) bond motifs is 1. The number of hydrogen-bond acceptors (Lipinski definition) is 9. The Hall–Kier alpha value is -3.63. The molecule has 1 aliphatic rings. The van der Waals surface area contributed by atoms with Crippen LogP contribution >= 0.6 is 0 Å². The number of carbonyl (C=O) groups is 1. The maximum atomic E-state index is 12.1. The molecule has 0 spiro atoms. The molecule has 0 unspecified atom stereocenters. The average molecular weight is 358 g/mol. The highest BCUT2D eigenvalue weighted by atomic mass is 16.7. The van der Waals surface area contributed by atoms with E-state index in [-0.39, 0.29) is 25.2 Å². The number of aromatic nitrogens is 5. The van der Waals surface area contributed by atoms with Crippen LogP contribution in [0.1, 0.15) is 16.4 Å². The number of nitrogens with zero attached hydrogens (tertiary/aromatic N) is 5. The van der Waals surface area contributed by atoms with Crippen molar-refractivity contribution in [3.8, 4) is 29.0 Å². The van der Waals surface area contributed by atoms with Crippen LogP contribution < -0.4 is 19.5 Å². The van der Waals surface area contributed by atoms with Crippen molar-refractivity contribution >= 4 is 5.91 Å². The van der Waals surface area contributed by atoms with Crippen LogP contribution in [-0.4, -0.2) is 44.7 Å². The number of rotatable bonds is 5. The van der Waals surface area contributed by atoms with E-state index >= 15 is 0 Å². The fourth-order valence-electron chi connectivity index (χ4n) is 2.36. The first-order valence-electron chi connectivity index (χ1n) is 7.60. The van der Waals surface area contributed by atoms with E-state index < -0.39 is 5.91 Å². The van der Waals surface area contributed by atoms with Gasteiger partial charge in [0.25, 0.3) is 11.8 Å². The summed E-state index contributed by atoms with van der Waals surface area (Å²) in [4.78, 5) is 20.3. The average Bonchev–Trinajstić information content (AvgIpc) is 3.38. The lowest BCUT2D eigenvalue weighted by Gasteiger charge is -1.98. The number of benzene rings is 1. The standard InChI is InChI=1S/C15H14N6O5/c1-21-15(23-2)18-12(19-21)13(22)16-6-11-17-14(26-20-11)8-3-4-9-10(5-8)25-7-24-9/h3-5H,6-7H2,1-2H3,(H,16,22). The zero-order valence-electron chi connectivity index (χ0n) is 13.9. The molecule has 2 aromatic heterocycles. The summed E-state index contributed by atoms with van der Waals surface area (Å²) in [5.74, 6) is 1.42. The Kier molecular flexibility index (Phi) is 3.88. The molecule has 11 heteroatoms. The van der Waals surface area contributed by atoms with Gasteiger partial charge in [0.1, 0.15) is 0 Å². The van der Waals surface area contributed by atoms with E-state index in [2.05, 4.69) is 25.5 Å². The van der Waals surface area contributed by atoms with Gasteiger partial charge in [-0.1, -0.05) is 5.16 Å². The highest BCUT2D eigenvalue weighted by Crippen LogP contribution is 2.35. The SMILES string of the molecule is COc1nc(C(=O)NCc2noc(-c3ccc4c(c3)OCO4)n2)nn1C. The molecule has 0 saturated carbocycles. The lowest BCUT2D eigenvalue weighted by molar-refractivity contribution is 0.0939. The van der Waals surface area contributed by atoms with Crippen LogP contribution in [0, 0.1) is 0 Å². The van der Waals surface area contributed by atoms with E-state index in [4.69, 9.17) is 18.7 Å². The smallest absolute Gasteiger partial charge is 0.314 e. The maximum Gasteiger partial charge on any atom is 0.314 e. The first kappa shape index (κ1) is 15.9. The monoisotopic (exact) mass is 358 g/mol. The van der Waals surface area contributed by atoms with Crippen LogP contribution in [0.2, 0.25) is 0 Å². The van der Waals surface area contributed by atoms with Gasteiger partial charge in [-0.15, -0.1) is 5.10 Å². The minimum atomic E-state index is -0.474. The molecule has 4 rings (SSSR count). The molecule has 0 fully saturated rings. The minimum absolute atomic E-state index is 0.0103. The summed E-state index contributed by atoms with van der Waals surface area (Å²) in [6, 6.07) is 5.54. The minimum Gasteiger partial charge on any atom is -0.467 e. The molecule has 1 amide bonds. The van der Waals surface area contributed by atoms with Crippen LogP contribution in [0.3, 0.4) is 0 Å². The normalized spacial score (nSPS) is 12.2. The molecular weight excluding hydrogens is 344 g/mol. The maximum absolute atomic E-state index is 12.1. The van der Waals surface area contributed by atoms with E-state index in [1.807, 2.05) is 0 Å². The van der Waals surface area contributed by atoms with Gasteiger partial charge in [0.15, 0.2) is 17.3 Å².